The predicted octanol–water partition coefficient (Wildman–Crippen LogP) is 3.60. The van der Waals surface area contributed by atoms with Crippen molar-refractivity contribution in [2.75, 3.05) is 0 Å². The molecule has 1 aromatic heterocycles. The maximum absolute atomic E-state index is 12.8. The Kier molecular flexibility index (Phi) is 3.04. The topological polar surface area (TPSA) is 47.8 Å². The molecule has 4 aromatic rings. The van der Waals surface area contributed by atoms with Crippen molar-refractivity contribution in [3.8, 4) is 11.1 Å². The van der Waals surface area contributed by atoms with E-state index in [9.17, 15) is 4.79 Å². The van der Waals surface area contributed by atoms with Crippen LogP contribution in [0, 0.1) is 0 Å². The summed E-state index contributed by atoms with van der Waals surface area (Å²) in [6.07, 6.45) is 0. The fourth-order valence-electron chi connectivity index (χ4n) is 3.77. The van der Waals surface area contributed by atoms with Crippen LogP contribution in [0.4, 0.5) is 0 Å². The van der Waals surface area contributed by atoms with Gasteiger partial charge < -0.3 is 0 Å². The van der Waals surface area contributed by atoms with E-state index in [0.717, 1.165) is 0 Å². The smallest absolute Gasteiger partial charge is 0.267 e. The van der Waals surface area contributed by atoms with Crippen molar-refractivity contribution in [2.24, 2.45) is 0 Å². The van der Waals surface area contributed by atoms with E-state index >= 15 is 0 Å². The van der Waals surface area contributed by atoms with E-state index < -0.39 is 0 Å². The molecule has 0 aliphatic heterocycles. The Labute approximate surface area is 144 Å². The minimum Gasteiger partial charge on any atom is -0.267 e. The van der Waals surface area contributed by atoms with Crippen molar-refractivity contribution in [1.29, 1.82) is 0 Å². The van der Waals surface area contributed by atoms with Crippen molar-refractivity contribution in [1.82, 2.24) is 15.0 Å². The highest BCUT2D eigenvalue weighted by molar-refractivity contribution is 5.79. The van der Waals surface area contributed by atoms with Crippen LogP contribution >= 0.6 is 0 Å². The molecule has 0 saturated carbocycles. The molecule has 0 spiro atoms. The second-order valence-electron chi connectivity index (χ2n) is 6.32. The molecule has 0 radical (unpaired) electrons. The first-order chi connectivity index (χ1) is 12.3. The van der Waals surface area contributed by atoms with Crippen LogP contribution in [0.2, 0.25) is 0 Å². The van der Waals surface area contributed by atoms with E-state index in [1.807, 2.05) is 30.3 Å². The molecule has 0 saturated heterocycles. The Balaban J connectivity index is 1.66. The van der Waals surface area contributed by atoms with Crippen LogP contribution < -0.4 is 5.56 Å². The Morgan fingerprint density at radius 2 is 1.40 bits per heavy atom. The number of hydrogen-bond acceptors (Lipinski definition) is 3. The van der Waals surface area contributed by atoms with Gasteiger partial charge in [-0.15, -0.1) is 5.10 Å². The van der Waals surface area contributed by atoms with Gasteiger partial charge in [0.05, 0.1) is 11.9 Å². The van der Waals surface area contributed by atoms with Crippen molar-refractivity contribution >= 4 is 10.9 Å². The Morgan fingerprint density at radius 3 is 2.12 bits per heavy atom. The third-order valence-corrected chi connectivity index (χ3v) is 4.95. The summed E-state index contributed by atoms with van der Waals surface area (Å²) in [6, 6.07) is 24.1. The zero-order valence-corrected chi connectivity index (χ0v) is 13.5. The molecule has 1 aliphatic carbocycles. The molecule has 0 N–H and O–H groups in total. The average Bonchev–Trinajstić information content (AvgIpc) is 2.98. The van der Waals surface area contributed by atoms with Crippen LogP contribution in [0.3, 0.4) is 0 Å². The molecule has 0 fully saturated rings. The summed E-state index contributed by atoms with van der Waals surface area (Å²) < 4.78 is 1.49. The third kappa shape index (κ3) is 2.11. The fourth-order valence-corrected chi connectivity index (χ4v) is 3.77. The second kappa shape index (κ2) is 5.38. The summed E-state index contributed by atoms with van der Waals surface area (Å²) >= 11 is 0. The van der Waals surface area contributed by atoms with Gasteiger partial charge in [0, 0.05) is 5.92 Å². The zero-order valence-electron chi connectivity index (χ0n) is 13.5. The lowest BCUT2D eigenvalue weighted by Crippen LogP contribution is -2.26. The van der Waals surface area contributed by atoms with Gasteiger partial charge in [0.15, 0.2) is 0 Å². The molecule has 0 amide bonds. The highest BCUT2D eigenvalue weighted by Gasteiger charge is 2.28. The van der Waals surface area contributed by atoms with Gasteiger partial charge in [0.2, 0.25) is 0 Å². The summed E-state index contributed by atoms with van der Waals surface area (Å²) in [5, 5.41) is 8.99. The van der Waals surface area contributed by atoms with Crippen LogP contribution in [0.5, 0.6) is 0 Å². The predicted molar refractivity (Wildman–Crippen MR) is 97.5 cm³/mol. The van der Waals surface area contributed by atoms with E-state index in [2.05, 4.69) is 46.7 Å². The first-order valence-electron chi connectivity index (χ1n) is 8.34. The van der Waals surface area contributed by atoms with Crippen LogP contribution in [0.15, 0.2) is 77.6 Å². The molecule has 25 heavy (non-hydrogen) atoms. The molecule has 0 atom stereocenters. The minimum atomic E-state index is -0.0903. The lowest BCUT2D eigenvalue weighted by molar-refractivity contribution is 0.517. The minimum absolute atomic E-state index is 0.0903. The largest absolute Gasteiger partial charge is 0.277 e. The molecule has 1 heterocycles. The van der Waals surface area contributed by atoms with E-state index in [0.29, 0.717) is 17.4 Å². The van der Waals surface area contributed by atoms with Gasteiger partial charge in [0.1, 0.15) is 5.52 Å². The molecule has 3 aromatic carbocycles. The number of nitrogens with zero attached hydrogens (tertiary/aromatic N) is 3. The summed E-state index contributed by atoms with van der Waals surface area (Å²) in [7, 11) is 0. The Morgan fingerprint density at radius 1 is 0.800 bits per heavy atom. The normalized spacial score (nSPS) is 13.0. The Bertz CT molecular complexity index is 1120. The zero-order chi connectivity index (χ0) is 16.8. The van der Waals surface area contributed by atoms with Gasteiger partial charge in [-0.05, 0) is 34.4 Å². The maximum atomic E-state index is 12.8. The van der Waals surface area contributed by atoms with Gasteiger partial charge in [0.25, 0.3) is 5.56 Å². The van der Waals surface area contributed by atoms with Gasteiger partial charge in [-0.3, -0.25) is 4.79 Å². The SMILES string of the molecule is O=c1c2ccccc2nnn1CC1c2ccccc2-c2ccccc21. The van der Waals surface area contributed by atoms with Gasteiger partial charge >= 0.3 is 0 Å². The van der Waals surface area contributed by atoms with Crippen LogP contribution in [0.1, 0.15) is 17.0 Å². The number of benzene rings is 3. The number of aromatic nitrogens is 3. The molecule has 120 valence electrons. The van der Waals surface area contributed by atoms with Crippen molar-refractivity contribution in [3.05, 3.63) is 94.3 Å². The van der Waals surface area contributed by atoms with Crippen molar-refractivity contribution < 1.29 is 0 Å². The quantitative estimate of drug-likeness (QED) is 0.566. The Hall–Kier alpha value is -3.27. The van der Waals surface area contributed by atoms with E-state index in [-0.39, 0.29) is 11.5 Å². The highest BCUT2D eigenvalue weighted by Crippen LogP contribution is 2.44. The van der Waals surface area contributed by atoms with Gasteiger partial charge in [-0.1, -0.05) is 65.9 Å². The second-order valence-corrected chi connectivity index (χ2v) is 6.32. The lowest BCUT2D eigenvalue weighted by Gasteiger charge is -2.14. The maximum Gasteiger partial charge on any atom is 0.277 e. The van der Waals surface area contributed by atoms with Gasteiger partial charge in [-0.25, -0.2) is 4.68 Å². The van der Waals surface area contributed by atoms with Crippen molar-refractivity contribution in [2.45, 2.75) is 12.5 Å². The van der Waals surface area contributed by atoms with Crippen LogP contribution in [-0.2, 0) is 6.54 Å². The molecular formula is C21H15N3O. The molecule has 0 bridgehead atoms. The number of hydrogen-bond donors (Lipinski definition) is 0. The molecule has 5 rings (SSSR count). The monoisotopic (exact) mass is 325 g/mol. The first kappa shape index (κ1) is 14.1. The summed E-state index contributed by atoms with van der Waals surface area (Å²) in [5.41, 5.74) is 5.51. The molecular weight excluding hydrogens is 310 g/mol. The summed E-state index contributed by atoms with van der Waals surface area (Å²) in [4.78, 5) is 12.8. The molecule has 0 unspecified atom stereocenters. The van der Waals surface area contributed by atoms with Crippen molar-refractivity contribution in [3.63, 3.8) is 0 Å². The summed E-state index contributed by atoms with van der Waals surface area (Å²) in [5.74, 6) is 0.112. The third-order valence-electron chi connectivity index (χ3n) is 4.95. The molecule has 1 aliphatic rings. The van der Waals surface area contributed by atoms with E-state index in [1.165, 1.54) is 26.9 Å². The van der Waals surface area contributed by atoms with Crippen LogP contribution in [0.25, 0.3) is 22.0 Å². The average molecular weight is 325 g/mol. The van der Waals surface area contributed by atoms with E-state index in [1.54, 1.807) is 6.07 Å². The highest BCUT2D eigenvalue weighted by atomic mass is 16.1. The number of fused-ring (bicyclic) bond motifs is 4. The summed E-state index contributed by atoms with van der Waals surface area (Å²) in [6.45, 7) is 0.491. The van der Waals surface area contributed by atoms with Crippen LogP contribution in [-0.4, -0.2) is 15.0 Å². The fraction of sp³-hybridized carbons (Fsp3) is 0.0952. The standard InChI is InChI=1S/C21H15N3O/c25-21-18-11-5-6-12-20(18)22-23-24(21)13-19-16-9-3-1-7-14(16)15-8-2-4-10-17(15)19/h1-12,19H,13H2. The lowest BCUT2D eigenvalue weighted by atomic mass is 9.97. The van der Waals surface area contributed by atoms with Gasteiger partial charge in [-0.2, -0.15) is 0 Å². The molecule has 4 heteroatoms. The number of rotatable bonds is 2. The molecule has 4 nitrogen and oxygen atoms in total. The first-order valence-corrected chi connectivity index (χ1v) is 8.34. The van der Waals surface area contributed by atoms with E-state index in [4.69, 9.17) is 0 Å².